The Labute approximate surface area is 152 Å². The molecule has 4 rings (SSSR count). The average molecular weight is 357 g/mol. The van der Waals surface area contributed by atoms with Gasteiger partial charge >= 0.3 is 0 Å². The van der Waals surface area contributed by atoms with E-state index >= 15 is 0 Å². The van der Waals surface area contributed by atoms with E-state index in [0.717, 1.165) is 12.2 Å². The molecule has 2 aliphatic heterocycles. The Balaban J connectivity index is 1.62. The molecule has 2 aliphatic rings. The summed E-state index contributed by atoms with van der Waals surface area (Å²) in [5, 5.41) is 0. The van der Waals surface area contributed by atoms with Crippen LogP contribution in [0, 0.1) is 5.92 Å². The first-order chi connectivity index (χ1) is 12.8. The molecule has 1 aromatic heterocycles. The van der Waals surface area contributed by atoms with Crippen molar-refractivity contribution in [2.45, 2.75) is 20.0 Å². The minimum Gasteiger partial charge on any atom is -0.486 e. The summed E-state index contributed by atoms with van der Waals surface area (Å²) in [6.07, 6.45) is 3.65. The lowest BCUT2D eigenvalue weighted by Gasteiger charge is -2.26. The lowest BCUT2D eigenvalue weighted by Crippen LogP contribution is -2.36. The van der Waals surface area contributed by atoms with Crippen molar-refractivity contribution >= 4 is 5.91 Å². The van der Waals surface area contributed by atoms with Gasteiger partial charge in [0.15, 0.2) is 11.5 Å². The normalized spacial score (nSPS) is 19.0. The summed E-state index contributed by atoms with van der Waals surface area (Å²) in [5.74, 6) is 1.34. The highest BCUT2D eigenvalue weighted by Crippen LogP contribution is 2.34. The molecule has 0 aliphatic carbocycles. The lowest BCUT2D eigenvalue weighted by molar-refractivity contribution is 0.0611. The van der Waals surface area contributed by atoms with E-state index in [0.29, 0.717) is 56.6 Å². The van der Waals surface area contributed by atoms with Crippen LogP contribution in [-0.4, -0.2) is 53.3 Å². The standard InChI is InChI=1S/C19H23N3O4/c1-2-24-12-14-9-21(11-15-8-20-13-22(15)10-14)19(23)16-4-3-5-17-18(16)26-7-6-25-17/h3-5,8,13-14H,2,6-7,9-12H2,1H3. The van der Waals surface area contributed by atoms with Crippen molar-refractivity contribution < 1.29 is 19.0 Å². The minimum absolute atomic E-state index is 0.0523. The highest BCUT2D eigenvalue weighted by atomic mass is 16.6. The second-order valence-electron chi connectivity index (χ2n) is 6.58. The van der Waals surface area contributed by atoms with Crippen molar-refractivity contribution in [2.75, 3.05) is 33.0 Å². The number of ether oxygens (including phenoxy) is 3. The molecule has 26 heavy (non-hydrogen) atoms. The molecule has 1 unspecified atom stereocenters. The van der Waals surface area contributed by atoms with Crippen molar-refractivity contribution in [2.24, 2.45) is 5.92 Å². The molecule has 3 heterocycles. The molecule has 2 aromatic rings. The number of carbonyl (C=O) groups excluding carboxylic acids is 1. The van der Waals surface area contributed by atoms with Crippen molar-refractivity contribution in [3.8, 4) is 11.5 Å². The fourth-order valence-corrected chi connectivity index (χ4v) is 3.51. The Hall–Kier alpha value is -2.54. The van der Waals surface area contributed by atoms with Crippen LogP contribution in [0.2, 0.25) is 0 Å². The minimum atomic E-state index is -0.0523. The number of imidazole rings is 1. The maximum absolute atomic E-state index is 13.3. The van der Waals surface area contributed by atoms with E-state index < -0.39 is 0 Å². The van der Waals surface area contributed by atoms with Crippen LogP contribution in [0.25, 0.3) is 0 Å². The van der Waals surface area contributed by atoms with Gasteiger partial charge in [0.05, 0.1) is 30.7 Å². The summed E-state index contributed by atoms with van der Waals surface area (Å²) >= 11 is 0. The molecule has 1 amide bonds. The van der Waals surface area contributed by atoms with Crippen LogP contribution in [0.1, 0.15) is 23.0 Å². The zero-order chi connectivity index (χ0) is 17.9. The largest absolute Gasteiger partial charge is 0.486 e. The van der Waals surface area contributed by atoms with Gasteiger partial charge in [-0.1, -0.05) is 6.07 Å². The average Bonchev–Trinajstić information content (AvgIpc) is 3.03. The quantitative estimate of drug-likeness (QED) is 0.837. The van der Waals surface area contributed by atoms with E-state index in [1.165, 1.54) is 0 Å². The molecule has 0 saturated carbocycles. The third kappa shape index (κ3) is 3.26. The number of fused-ring (bicyclic) bond motifs is 2. The number of aromatic nitrogens is 2. The molecule has 1 aromatic carbocycles. The number of para-hydroxylation sites is 1. The second kappa shape index (κ2) is 7.37. The van der Waals surface area contributed by atoms with Crippen LogP contribution in [0.15, 0.2) is 30.7 Å². The van der Waals surface area contributed by atoms with Gasteiger partial charge in [0.25, 0.3) is 5.91 Å². The summed E-state index contributed by atoms with van der Waals surface area (Å²) in [7, 11) is 0. The summed E-state index contributed by atoms with van der Waals surface area (Å²) in [6.45, 7) is 6.17. The zero-order valence-electron chi connectivity index (χ0n) is 14.9. The maximum atomic E-state index is 13.3. The van der Waals surface area contributed by atoms with Gasteiger partial charge in [-0.15, -0.1) is 0 Å². The molecule has 138 valence electrons. The van der Waals surface area contributed by atoms with Crippen LogP contribution >= 0.6 is 0 Å². The van der Waals surface area contributed by atoms with E-state index in [1.807, 2.05) is 36.5 Å². The van der Waals surface area contributed by atoms with Gasteiger partial charge in [-0.25, -0.2) is 4.98 Å². The fraction of sp³-hybridized carbons (Fsp3) is 0.474. The van der Waals surface area contributed by atoms with Gasteiger partial charge < -0.3 is 23.7 Å². The molecule has 7 heteroatoms. The Morgan fingerprint density at radius 1 is 1.31 bits per heavy atom. The molecular formula is C19H23N3O4. The summed E-state index contributed by atoms with van der Waals surface area (Å²) in [6, 6.07) is 5.47. The number of nitrogens with zero attached hydrogens (tertiary/aromatic N) is 3. The number of benzene rings is 1. The van der Waals surface area contributed by atoms with Crippen LogP contribution < -0.4 is 9.47 Å². The molecule has 0 N–H and O–H groups in total. The van der Waals surface area contributed by atoms with Gasteiger partial charge in [0, 0.05) is 31.8 Å². The van der Waals surface area contributed by atoms with E-state index in [2.05, 4.69) is 9.55 Å². The monoisotopic (exact) mass is 357 g/mol. The molecule has 0 fully saturated rings. The topological polar surface area (TPSA) is 65.8 Å². The van der Waals surface area contributed by atoms with Crippen LogP contribution in [0.4, 0.5) is 0 Å². The van der Waals surface area contributed by atoms with Gasteiger partial charge in [0.1, 0.15) is 13.2 Å². The first kappa shape index (κ1) is 16.9. The van der Waals surface area contributed by atoms with E-state index in [4.69, 9.17) is 14.2 Å². The number of amides is 1. The Morgan fingerprint density at radius 2 is 2.19 bits per heavy atom. The molecular weight excluding hydrogens is 334 g/mol. The van der Waals surface area contributed by atoms with Crippen LogP contribution in [-0.2, 0) is 17.8 Å². The molecule has 7 nitrogen and oxygen atoms in total. The summed E-state index contributed by atoms with van der Waals surface area (Å²) in [4.78, 5) is 19.4. The Bertz CT molecular complexity index is 789. The summed E-state index contributed by atoms with van der Waals surface area (Å²) < 4.78 is 19.1. The van der Waals surface area contributed by atoms with E-state index in [1.54, 1.807) is 6.07 Å². The van der Waals surface area contributed by atoms with Gasteiger partial charge in [-0.2, -0.15) is 0 Å². The molecule has 1 atom stereocenters. The first-order valence-electron chi connectivity index (χ1n) is 9.01. The molecule has 0 bridgehead atoms. The smallest absolute Gasteiger partial charge is 0.258 e. The van der Waals surface area contributed by atoms with Crippen LogP contribution in [0.3, 0.4) is 0 Å². The third-order valence-corrected chi connectivity index (χ3v) is 4.73. The fourth-order valence-electron chi connectivity index (χ4n) is 3.51. The third-order valence-electron chi connectivity index (χ3n) is 4.73. The highest BCUT2D eigenvalue weighted by Gasteiger charge is 2.29. The maximum Gasteiger partial charge on any atom is 0.258 e. The van der Waals surface area contributed by atoms with E-state index in [9.17, 15) is 4.79 Å². The SMILES string of the molecule is CCOCC1CN(C(=O)c2cccc3c2OCCO3)Cc2cncn2C1. The highest BCUT2D eigenvalue weighted by molar-refractivity contribution is 5.97. The zero-order valence-corrected chi connectivity index (χ0v) is 14.9. The second-order valence-corrected chi connectivity index (χ2v) is 6.58. The van der Waals surface area contributed by atoms with Gasteiger partial charge in [-0.3, -0.25) is 4.79 Å². The summed E-state index contributed by atoms with van der Waals surface area (Å²) in [5.41, 5.74) is 1.57. The van der Waals surface area contributed by atoms with Gasteiger partial charge in [0.2, 0.25) is 0 Å². The first-order valence-corrected chi connectivity index (χ1v) is 9.01. The number of hydrogen-bond donors (Lipinski definition) is 0. The van der Waals surface area contributed by atoms with Crippen molar-refractivity contribution in [3.05, 3.63) is 42.0 Å². The number of rotatable bonds is 4. The Kier molecular flexibility index (Phi) is 4.79. The van der Waals surface area contributed by atoms with E-state index in [-0.39, 0.29) is 11.8 Å². The number of hydrogen-bond acceptors (Lipinski definition) is 5. The predicted molar refractivity (Wildman–Crippen MR) is 94.4 cm³/mol. The van der Waals surface area contributed by atoms with Crippen LogP contribution in [0.5, 0.6) is 11.5 Å². The Morgan fingerprint density at radius 3 is 3.08 bits per heavy atom. The van der Waals surface area contributed by atoms with Crippen molar-refractivity contribution in [1.29, 1.82) is 0 Å². The lowest BCUT2D eigenvalue weighted by atomic mass is 10.1. The van der Waals surface area contributed by atoms with Gasteiger partial charge in [-0.05, 0) is 19.1 Å². The number of carbonyl (C=O) groups is 1. The molecule has 0 saturated heterocycles. The molecule has 0 radical (unpaired) electrons. The van der Waals surface area contributed by atoms with Crippen molar-refractivity contribution in [1.82, 2.24) is 14.5 Å². The van der Waals surface area contributed by atoms with Crippen molar-refractivity contribution in [3.63, 3.8) is 0 Å². The predicted octanol–water partition coefficient (Wildman–Crippen LogP) is 1.96. The molecule has 0 spiro atoms.